The minimum atomic E-state index is 0.630. The van der Waals surface area contributed by atoms with Crippen LogP contribution in [0.4, 0.5) is 0 Å². The van der Waals surface area contributed by atoms with Crippen molar-refractivity contribution >= 4 is 10.8 Å². The van der Waals surface area contributed by atoms with Gasteiger partial charge in [0.1, 0.15) is 0 Å². The molecule has 1 heteroatoms. The van der Waals surface area contributed by atoms with Gasteiger partial charge in [-0.1, -0.05) is 49.4 Å². The fourth-order valence-corrected chi connectivity index (χ4v) is 2.56. The zero-order valence-corrected chi connectivity index (χ0v) is 11.4. The fourth-order valence-electron chi connectivity index (χ4n) is 2.56. The lowest BCUT2D eigenvalue weighted by atomic mass is 9.99. The second-order valence-corrected chi connectivity index (χ2v) is 4.99. The molecule has 0 aliphatic heterocycles. The predicted octanol–water partition coefficient (Wildman–Crippen LogP) is 4.16. The molecule has 0 radical (unpaired) electrons. The van der Waals surface area contributed by atoms with Gasteiger partial charge in [0.2, 0.25) is 0 Å². The molecule has 0 amide bonds. The molecule has 0 saturated carbocycles. The lowest BCUT2D eigenvalue weighted by molar-refractivity contribution is 0.513. The van der Waals surface area contributed by atoms with Gasteiger partial charge in [-0.2, -0.15) is 0 Å². The van der Waals surface area contributed by atoms with Gasteiger partial charge in [-0.05, 0) is 49.1 Å². The van der Waals surface area contributed by atoms with Gasteiger partial charge in [0.15, 0.2) is 0 Å². The zero-order chi connectivity index (χ0) is 12.8. The molecule has 1 nitrogen and oxygen atoms in total. The van der Waals surface area contributed by atoms with E-state index in [1.807, 2.05) is 0 Å². The van der Waals surface area contributed by atoms with Crippen LogP contribution in [-0.2, 0) is 6.42 Å². The molecule has 1 atom stereocenters. The topological polar surface area (TPSA) is 12.0 Å². The number of rotatable bonds is 6. The Bertz CT molecular complexity index is 484. The van der Waals surface area contributed by atoms with E-state index in [4.69, 9.17) is 0 Å². The maximum Gasteiger partial charge on any atom is 0.00387 e. The molecule has 18 heavy (non-hydrogen) atoms. The van der Waals surface area contributed by atoms with Crippen LogP contribution < -0.4 is 5.32 Å². The summed E-state index contributed by atoms with van der Waals surface area (Å²) < 4.78 is 0. The van der Waals surface area contributed by atoms with E-state index in [9.17, 15) is 0 Å². The molecule has 1 unspecified atom stereocenters. The molecule has 0 aromatic heterocycles. The third kappa shape index (κ3) is 3.33. The normalized spacial score (nSPS) is 12.8. The Morgan fingerprint density at radius 3 is 2.67 bits per heavy atom. The predicted molar refractivity (Wildman–Crippen MR) is 80.0 cm³/mol. The summed E-state index contributed by atoms with van der Waals surface area (Å²) in [7, 11) is 0. The quantitative estimate of drug-likeness (QED) is 0.800. The Labute approximate surface area is 110 Å². The second-order valence-electron chi connectivity index (χ2n) is 4.99. The molecule has 0 heterocycles. The molecule has 0 aliphatic rings. The van der Waals surface area contributed by atoms with Crippen LogP contribution in [0.1, 0.15) is 32.3 Å². The van der Waals surface area contributed by atoms with Crippen molar-refractivity contribution in [3.63, 3.8) is 0 Å². The summed E-state index contributed by atoms with van der Waals surface area (Å²) in [5.41, 5.74) is 1.48. The lowest BCUT2D eigenvalue weighted by Crippen LogP contribution is -2.25. The molecule has 96 valence electrons. The first-order valence-corrected chi connectivity index (χ1v) is 7.01. The highest BCUT2D eigenvalue weighted by Crippen LogP contribution is 2.20. The molecular formula is C17H23N. The minimum Gasteiger partial charge on any atom is -0.315 e. The number of hydrogen-bond donors (Lipinski definition) is 1. The fraction of sp³-hybridized carbons (Fsp3) is 0.412. The second kappa shape index (κ2) is 6.55. The maximum atomic E-state index is 3.47. The Balaban J connectivity index is 1.99. The first kappa shape index (κ1) is 13.1. The first-order valence-electron chi connectivity index (χ1n) is 7.01. The van der Waals surface area contributed by atoms with E-state index >= 15 is 0 Å². The molecular weight excluding hydrogens is 218 g/mol. The SMILES string of the molecule is CCNC(C)CCCc1cccc2ccccc12. The van der Waals surface area contributed by atoms with Crippen LogP contribution in [-0.4, -0.2) is 12.6 Å². The van der Waals surface area contributed by atoms with E-state index in [2.05, 4.69) is 61.6 Å². The van der Waals surface area contributed by atoms with Gasteiger partial charge in [-0.25, -0.2) is 0 Å². The van der Waals surface area contributed by atoms with Gasteiger partial charge >= 0.3 is 0 Å². The third-order valence-corrected chi connectivity index (χ3v) is 3.52. The summed E-state index contributed by atoms with van der Waals surface area (Å²) in [5.74, 6) is 0. The summed E-state index contributed by atoms with van der Waals surface area (Å²) >= 11 is 0. The molecule has 0 saturated heterocycles. The van der Waals surface area contributed by atoms with Crippen molar-refractivity contribution in [3.05, 3.63) is 48.0 Å². The van der Waals surface area contributed by atoms with E-state index in [1.165, 1.54) is 35.6 Å². The standard InChI is InChI=1S/C17H23N/c1-3-18-14(2)8-6-10-16-12-7-11-15-9-4-5-13-17(15)16/h4-5,7,9,11-14,18H,3,6,8,10H2,1-2H3. The number of nitrogens with one attached hydrogen (secondary N) is 1. The Kier molecular flexibility index (Phi) is 4.77. The molecule has 2 rings (SSSR count). The maximum absolute atomic E-state index is 3.47. The first-order chi connectivity index (χ1) is 8.81. The van der Waals surface area contributed by atoms with Crippen LogP contribution in [0.15, 0.2) is 42.5 Å². The van der Waals surface area contributed by atoms with Gasteiger partial charge in [-0.3, -0.25) is 0 Å². The molecule has 0 spiro atoms. The van der Waals surface area contributed by atoms with Gasteiger partial charge in [0.25, 0.3) is 0 Å². The van der Waals surface area contributed by atoms with Gasteiger partial charge < -0.3 is 5.32 Å². The third-order valence-electron chi connectivity index (χ3n) is 3.52. The Morgan fingerprint density at radius 2 is 1.83 bits per heavy atom. The van der Waals surface area contributed by atoms with Gasteiger partial charge in [0.05, 0.1) is 0 Å². The van der Waals surface area contributed by atoms with Crippen LogP contribution >= 0.6 is 0 Å². The van der Waals surface area contributed by atoms with E-state index in [0.717, 1.165) is 6.54 Å². The van der Waals surface area contributed by atoms with Crippen molar-refractivity contribution in [2.75, 3.05) is 6.54 Å². The number of fused-ring (bicyclic) bond motifs is 1. The van der Waals surface area contributed by atoms with Crippen LogP contribution in [0, 0.1) is 0 Å². The number of benzene rings is 2. The molecule has 2 aromatic carbocycles. The van der Waals surface area contributed by atoms with E-state index in [0.29, 0.717) is 6.04 Å². The Hall–Kier alpha value is -1.34. The molecule has 2 aromatic rings. The molecule has 0 aliphatic carbocycles. The molecule has 0 fully saturated rings. The number of aryl methyl sites for hydroxylation is 1. The van der Waals surface area contributed by atoms with Crippen molar-refractivity contribution in [1.82, 2.24) is 5.32 Å². The van der Waals surface area contributed by atoms with Crippen molar-refractivity contribution in [1.29, 1.82) is 0 Å². The Morgan fingerprint density at radius 1 is 1.06 bits per heavy atom. The van der Waals surface area contributed by atoms with Crippen LogP contribution in [0.2, 0.25) is 0 Å². The minimum absolute atomic E-state index is 0.630. The summed E-state index contributed by atoms with van der Waals surface area (Å²) in [6.07, 6.45) is 3.68. The van der Waals surface area contributed by atoms with E-state index in [-0.39, 0.29) is 0 Å². The van der Waals surface area contributed by atoms with Gasteiger partial charge in [0, 0.05) is 6.04 Å². The molecule has 0 bridgehead atoms. The van der Waals surface area contributed by atoms with Crippen LogP contribution in [0.3, 0.4) is 0 Å². The highest BCUT2D eigenvalue weighted by Gasteiger charge is 2.02. The van der Waals surface area contributed by atoms with E-state index < -0.39 is 0 Å². The summed E-state index contributed by atoms with van der Waals surface area (Å²) in [6, 6.07) is 15.9. The van der Waals surface area contributed by atoms with Gasteiger partial charge in [-0.15, -0.1) is 0 Å². The van der Waals surface area contributed by atoms with Crippen molar-refractivity contribution in [3.8, 4) is 0 Å². The summed E-state index contributed by atoms with van der Waals surface area (Å²) in [5, 5.41) is 6.24. The average molecular weight is 241 g/mol. The van der Waals surface area contributed by atoms with Crippen molar-refractivity contribution < 1.29 is 0 Å². The lowest BCUT2D eigenvalue weighted by Gasteiger charge is -2.12. The summed E-state index contributed by atoms with van der Waals surface area (Å²) in [4.78, 5) is 0. The highest BCUT2D eigenvalue weighted by atomic mass is 14.9. The average Bonchev–Trinajstić information content (AvgIpc) is 2.39. The highest BCUT2D eigenvalue weighted by molar-refractivity contribution is 5.85. The van der Waals surface area contributed by atoms with Crippen molar-refractivity contribution in [2.45, 2.75) is 39.2 Å². The largest absolute Gasteiger partial charge is 0.315 e. The zero-order valence-electron chi connectivity index (χ0n) is 11.4. The monoisotopic (exact) mass is 241 g/mol. The van der Waals surface area contributed by atoms with Crippen LogP contribution in [0.5, 0.6) is 0 Å². The van der Waals surface area contributed by atoms with Crippen LogP contribution in [0.25, 0.3) is 10.8 Å². The number of hydrogen-bond acceptors (Lipinski definition) is 1. The summed E-state index contributed by atoms with van der Waals surface area (Å²) in [6.45, 7) is 5.50. The van der Waals surface area contributed by atoms with Crippen molar-refractivity contribution in [2.24, 2.45) is 0 Å². The van der Waals surface area contributed by atoms with E-state index in [1.54, 1.807) is 0 Å². The molecule has 1 N–H and O–H groups in total. The smallest absolute Gasteiger partial charge is 0.00387 e.